The van der Waals surface area contributed by atoms with E-state index in [2.05, 4.69) is 0 Å². The number of aromatic hydroxyl groups is 2. The summed E-state index contributed by atoms with van der Waals surface area (Å²) in [6.07, 6.45) is 0. The summed E-state index contributed by atoms with van der Waals surface area (Å²) in [5.74, 6) is -4.28. The molecule has 6 aromatic carbocycles. The topological polar surface area (TPSA) is 612 Å². The van der Waals surface area contributed by atoms with Crippen LogP contribution in [0.4, 0.5) is 45.5 Å². The van der Waals surface area contributed by atoms with Gasteiger partial charge in [0.2, 0.25) is 0 Å². The van der Waals surface area contributed by atoms with Crippen LogP contribution in [-0.2, 0) is 50.6 Å². The maximum Gasteiger partial charge on any atom is 0.338 e. The highest BCUT2D eigenvalue weighted by molar-refractivity contribution is 7.87. The third-order valence-corrected chi connectivity index (χ3v) is 13.3. The van der Waals surface area contributed by atoms with Crippen LogP contribution in [0, 0.1) is 10.1 Å². The summed E-state index contributed by atoms with van der Waals surface area (Å²) in [7, 11) is -23.7. The quantitative estimate of drug-likeness (QED) is 0.0333. The number of rotatable bonds is 8. The van der Waals surface area contributed by atoms with Crippen molar-refractivity contribution in [2.45, 2.75) is 24.5 Å². The third-order valence-electron chi connectivity index (χ3n) is 8.84. The van der Waals surface area contributed by atoms with Crippen molar-refractivity contribution >= 4 is 130 Å². The summed E-state index contributed by atoms with van der Waals surface area (Å²) in [6.45, 7) is 0. The zero-order chi connectivity index (χ0) is 54.1. The van der Waals surface area contributed by atoms with Gasteiger partial charge in [0.25, 0.3) is 56.3 Å². The van der Waals surface area contributed by atoms with E-state index in [0.717, 1.165) is 42.5 Å². The number of nitro benzene ring substituents is 1. The molecule has 0 fully saturated rings. The lowest BCUT2D eigenvalue weighted by Crippen LogP contribution is -2.08. The number of aromatic carboxylic acids is 2. The number of nitrogens with two attached hydrogens (primary N) is 7. The molecule has 0 spiro atoms. The van der Waals surface area contributed by atoms with Crippen LogP contribution in [0.2, 0.25) is 0 Å². The molecule has 378 valence electrons. The Kier molecular flexibility index (Phi) is 16.0. The highest BCUT2D eigenvalue weighted by Gasteiger charge is 2.28. The lowest BCUT2D eigenvalue weighted by Gasteiger charge is -2.14. The van der Waals surface area contributed by atoms with E-state index >= 15 is 0 Å². The van der Waals surface area contributed by atoms with E-state index < -0.39 is 126 Å². The first-order chi connectivity index (χ1) is 31.6. The van der Waals surface area contributed by atoms with Crippen LogP contribution >= 0.6 is 0 Å². The van der Waals surface area contributed by atoms with Crippen molar-refractivity contribution in [1.82, 2.24) is 0 Å². The molecule has 36 heteroatoms. The summed E-state index contributed by atoms with van der Waals surface area (Å²) in [5.41, 5.74) is 34.7. The molecule has 0 atom stereocenters. The number of fused-ring (bicyclic) bond motifs is 2. The molecule has 23 N–H and O–H groups in total. The van der Waals surface area contributed by atoms with Crippen molar-refractivity contribution in [2.75, 3.05) is 40.1 Å². The Morgan fingerprint density at radius 3 is 1.31 bits per heavy atom. The number of carboxylic acid groups (broad SMARTS) is 2. The predicted molar refractivity (Wildman–Crippen MR) is 245 cm³/mol. The Hall–Kier alpha value is -8.07. The number of carboxylic acids is 2. The Balaban J connectivity index is 0.000000253. The van der Waals surface area contributed by atoms with Crippen LogP contribution in [0.5, 0.6) is 11.5 Å². The Bertz CT molecular complexity index is 3780. The second-order valence-electron chi connectivity index (χ2n) is 13.4. The first kappa shape index (κ1) is 56.3. The molecule has 0 radical (unpaired) electrons. The lowest BCUT2D eigenvalue weighted by molar-refractivity contribution is -0.384. The van der Waals surface area contributed by atoms with E-state index in [1.165, 1.54) is 12.1 Å². The van der Waals surface area contributed by atoms with Gasteiger partial charge in [0.15, 0.2) is 0 Å². The molecule has 70 heavy (non-hydrogen) atoms. The molecule has 0 aromatic heterocycles. The van der Waals surface area contributed by atoms with Crippen molar-refractivity contribution in [1.29, 1.82) is 0 Å². The third kappa shape index (κ3) is 12.5. The largest absolute Gasteiger partial charge is 0.505 e. The summed E-state index contributed by atoms with van der Waals surface area (Å²) in [4.78, 5) is 26.7. The summed E-state index contributed by atoms with van der Waals surface area (Å²) >= 11 is 0. The van der Waals surface area contributed by atoms with Crippen molar-refractivity contribution in [2.24, 2.45) is 0 Å². The average molecular weight is 1080 g/mol. The number of non-ortho nitro benzene ring substituents is 1. The smallest absolute Gasteiger partial charge is 0.338 e. The second-order valence-corrected chi connectivity index (χ2v) is 20.4. The molecule has 0 saturated heterocycles. The van der Waals surface area contributed by atoms with Gasteiger partial charge in [0, 0.05) is 39.7 Å². The van der Waals surface area contributed by atoms with Crippen molar-refractivity contribution in [3.05, 3.63) is 88.0 Å². The number of phenolic OH excluding ortho intramolecular Hbond substituents is 2. The van der Waals surface area contributed by atoms with Gasteiger partial charge in [-0.25, -0.2) is 9.59 Å². The van der Waals surface area contributed by atoms with Gasteiger partial charge in [-0.1, -0.05) is 0 Å². The minimum absolute atomic E-state index is 0.0121. The van der Waals surface area contributed by atoms with Crippen molar-refractivity contribution in [3.63, 3.8) is 0 Å². The minimum atomic E-state index is -4.87. The van der Waals surface area contributed by atoms with E-state index in [9.17, 15) is 81.1 Å². The van der Waals surface area contributed by atoms with Crippen LogP contribution in [0.25, 0.3) is 21.5 Å². The van der Waals surface area contributed by atoms with E-state index in [1.54, 1.807) is 0 Å². The molecule has 0 aliphatic carbocycles. The van der Waals surface area contributed by atoms with Crippen LogP contribution in [0.1, 0.15) is 20.7 Å². The van der Waals surface area contributed by atoms with Gasteiger partial charge in [0.1, 0.15) is 31.1 Å². The van der Waals surface area contributed by atoms with E-state index in [0.29, 0.717) is 12.1 Å². The molecule has 6 aromatic rings. The molecule has 0 aliphatic heterocycles. The summed E-state index contributed by atoms with van der Waals surface area (Å²) < 4.78 is 157. The molecule has 0 bridgehead atoms. The number of anilines is 7. The second kappa shape index (κ2) is 19.9. The molecular formula is C34H34N8O23S5. The van der Waals surface area contributed by atoms with Gasteiger partial charge in [-0.2, -0.15) is 42.1 Å². The highest BCUT2D eigenvalue weighted by atomic mass is 32.2. The summed E-state index contributed by atoms with van der Waals surface area (Å²) in [5, 5.41) is 45.9. The predicted octanol–water partition coefficient (Wildman–Crippen LogP) is 1.08. The average Bonchev–Trinajstić information content (AvgIpc) is 3.20. The fraction of sp³-hybridized carbons (Fsp3) is 0. The lowest BCUT2D eigenvalue weighted by atomic mass is 10.1. The molecule has 6 rings (SSSR count). The molecule has 0 saturated carbocycles. The number of hydrogen-bond acceptors (Lipinski definition) is 23. The SMILES string of the molecule is Nc1cc(S(=O)(=O)O)c2cc(S(=O)(=O)O)c(N)c(O)c2c1N.Nc1ccc(S(=O)(=O)O)cc1C(=O)O.Nc1ccc([N+](=O)[O-])cc1C(=O)O.Nc1ccc2c(O)c(N)c(S(=O)(=O)O)cc2c1S(=O)(=O)O. The Morgan fingerprint density at radius 2 is 0.886 bits per heavy atom. The monoisotopic (exact) mass is 1080 g/mol. The van der Waals surface area contributed by atoms with Crippen molar-refractivity contribution in [3.8, 4) is 11.5 Å². The number of nitrogens with zero attached hydrogens (tertiary/aromatic N) is 1. The van der Waals surface area contributed by atoms with Gasteiger partial charge >= 0.3 is 11.9 Å². The molecule has 0 heterocycles. The zero-order valence-electron chi connectivity index (χ0n) is 34.1. The fourth-order valence-electron chi connectivity index (χ4n) is 5.66. The minimum Gasteiger partial charge on any atom is -0.505 e. The normalized spacial score (nSPS) is 11.8. The van der Waals surface area contributed by atoms with Crippen LogP contribution < -0.4 is 40.1 Å². The summed E-state index contributed by atoms with van der Waals surface area (Å²) in [6, 6.07) is 10.7. The fourth-order valence-corrected chi connectivity index (χ4v) is 8.97. The maximum atomic E-state index is 11.4. The number of nitrogen functional groups attached to an aromatic ring is 7. The number of nitro groups is 1. The molecular weight excluding hydrogens is 1050 g/mol. The van der Waals surface area contributed by atoms with E-state index in [4.69, 9.17) is 64.0 Å². The van der Waals surface area contributed by atoms with Gasteiger partial charge in [0.05, 0.1) is 54.8 Å². The van der Waals surface area contributed by atoms with Gasteiger partial charge in [-0.05, 0) is 54.6 Å². The van der Waals surface area contributed by atoms with E-state index in [1.807, 2.05) is 0 Å². The number of benzene rings is 6. The van der Waals surface area contributed by atoms with Crippen LogP contribution in [-0.4, -0.2) is 102 Å². The maximum absolute atomic E-state index is 11.4. The van der Waals surface area contributed by atoms with Gasteiger partial charge in [-0.15, -0.1) is 0 Å². The molecule has 31 nitrogen and oxygen atoms in total. The Morgan fingerprint density at radius 1 is 0.457 bits per heavy atom. The van der Waals surface area contributed by atoms with Crippen LogP contribution in [0.3, 0.4) is 0 Å². The molecule has 0 unspecified atom stereocenters. The van der Waals surface area contributed by atoms with Crippen molar-refractivity contribution < 1.29 is 99.8 Å². The molecule has 0 amide bonds. The van der Waals surface area contributed by atoms with E-state index in [-0.39, 0.29) is 56.0 Å². The standard InChI is InChI=1S/C10H11N3O7S2.C10H10N2O7S2.C7H6N2O4.C7H7NO5S/c11-4-2-5(21(15,16)17)3-1-6(22(18,19)20)9(13)10(14)7(3)8(4)12;11-6-2-1-4-5(10(6)21(17,18)19)3-7(20(14,15)16)8(12)9(4)13;8-6-2-1-4(9(12)13)3-5(6)7(10)11;8-6-2-1-4(14(11,12)13)3-5(6)7(9)10/h1-2,14H,11-13H2,(H,15,16,17)(H,18,19,20);1-3,13H,11-12H2,(H,14,15,16)(H,17,18,19);1-3H,8H2,(H,10,11);1-3H,8H2,(H,9,10)(H,11,12,13). The van der Waals surface area contributed by atoms with Gasteiger partial charge in [-0.3, -0.25) is 32.9 Å². The first-order valence-electron chi connectivity index (χ1n) is 17.4. The first-order valence-corrected chi connectivity index (χ1v) is 24.6. The number of carbonyl (C=O) groups is 2. The zero-order valence-corrected chi connectivity index (χ0v) is 38.2. The number of phenols is 2. The highest BCUT2D eigenvalue weighted by Crippen LogP contribution is 2.44. The number of hydrogen-bond donors (Lipinski definition) is 16. The Labute approximate surface area is 391 Å². The van der Waals surface area contributed by atoms with Gasteiger partial charge < -0.3 is 60.6 Å². The van der Waals surface area contributed by atoms with Crippen LogP contribution in [0.15, 0.2) is 91.2 Å². The molecule has 0 aliphatic rings.